The second-order valence-electron chi connectivity index (χ2n) is 3.29. The van der Waals surface area contributed by atoms with Crippen molar-refractivity contribution in [2.75, 3.05) is 11.9 Å². The summed E-state index contributed by atoms with van der Waals surface area (Å²) in [5.41, 5.74) is 1.60. The minimum atomic E-state index is 0. The van der Waals surface area contributed by atoms with E-state index in [1.165, 1.54) is 11.3 Å². The molecule has 1 atom stereocenters. The quantitative estimate of drug-likeness (QED) is 0.839. The molecular weight excluding hydrogens is 236 g/mol. The normalized spacial score (nSPS) is 19.6. The number of hydrogen-bond acceptors (Lipinski definition) is 5. The molecule has 15 heavy (non-hydrogen) atoms. The van der Waals surface area contributed by atoms with Crippen molar-refractivity contribution >= 4 is 34.8 Å². The molecule has 2 rings (SSSR count). The van der Waals surface area contributed by atoms with Crippen LogP contribution in [-0.4, -0.2) is 28.7 Å². The molecule has 1 unspecified atom stereocenters. The highest BCUT2D eigenvalue weighted by Crippen LogP contribution is 2.12. The van der Waals surface area contributed by atoms with Crippen LogP contribution in [0.25, 0.3) is 0 Å². The summed E-state index contributed by atoms with van der Waals surface area (Å²) in [6.07, 6.45) is 2.78. The molecule has 1 aliphatic heterocycles. The highest BCUT2D eigenvalue weighted by molar-refractivity contribution is 7.13. The van der Waals surface area contributed by atoms with Gasteiger partial charge in [0.2, 0.25) is 11.0 Å². The first-order valence-electron chi connectivity index (χ1n) is 4.64. The van der Waals surface area contributed by atoms with Crippen LogP contribution in [0.2, 0.25) is 0 Å². The molecule has 0 aliphatic carbocycles. The molecule has 5 nitrogen and oxygen atoms in total. The van der Waals surface area contributed by atoms with E-state index >= 15 is 0 Å². The van der Waals surface area contributed by atoms with Crippen molar-refractivity contribution in [3.63, 3.8) is 0 Å². The maximum Gasteiger partial charge on any atom is 0.227 e. The van der Waals surface area contributed by atoms with Gasteiger partial charge in [-0.25, -0.2) is 0 Å². The Bertz CT molecular complexity index is 300. The molecule has 0 radical (unpaired) electrons. The third kappa shape index (κ3) is 3.73. The standard InChI is InChI=1S/C8H12N4OS.ClH/c13-7(4-6-2-1-3-9-6)11-8-12-10-5-14-8;/h5-6,9H,1-4H2,(H,11,12,13);1H. The first-order chi connectivity index (χ1) is 6.84. The van der Waals surface area contributed by atoms with Crippen molar-refractivity contribution < 1.29 is 4.79 Å². The summed E-state index contributed by atoms with van der Waals surface area (Å²) in [4.78, 5) is 11.5. The third-order valence-electron chi connectivity index (χ3n) is 2.20. The second-order valence-corrected chi connectivity index (χ2v) is 4.12. The maximum absolute atomic E-state index is 11.5. The smallest absolute Gasteiger partial charge is 0.227 e. The zero-order valence-corrected chi connectivity index (χ0v) is 9.74. The Morgan fingerprint density at radius 1 is 1.73 bits per heavy atom. The van der Waals surface area contributed by atoms with Gasteiger partial charge >= 0.3 is 0 Å². The minimum absolute atomic E-state index is 0. The van der Waals surface area contributed by atoms with Crippen LogP contribution in [0.15, 0.2) is 5.51 Å². The Kier molecular flexibility index (Phi) is 4.93. The Labute approximate surface area is 98.1 Å². The maximum atomic E-state index is 11.5. The number of rotatable bonds is 3. The number of carbonyl (C=O) groups is 1. The lowest BCUT2D eigenvalue weighted by atomic mass is 10.1. The van der Waals surface area contributed by atoms with Crippen molar-refractivity contribution in [2.24, 2.45) is 0 Å². The Hall–Kier alpha value is -0.720. The lowest BCUT2D eigenvalue weighted by molar-refractivity contribution is -0.116. The van der Waals surface area contributed by atoms with E-state index in [2.05, 4.69) is 20.8 Å². The molecule has 1 fully saturated rings. The molecule has 84 valence electrons. The van der Waals surface area contributed by atoms with Gasteiger partial charge in [0.25, 0.3) is 0 Å². The number of nitrogens with one attached hydrogen (secondary N) is 2. The SMILES string of the molecule is Cl.O=C(CC1CCCN1)Nc1nncs1. The van der Waals surface area contributed by atoms with Gasteiger partial charge in [-0.15, -0.1) is 22.6 Å². The summed E-state index contributed by atoms with van der Waals surface area (Å²) in [5.74, 6) is 0.0150. The summed E-state index contributed by atoms with van der Waals surface area (Å²) < 4.78 is 0. The molecule has 0 spiro atoms. The second kappa shape index (κ2) is 5.99. The number of hydrogen-bond donors (Lipinski definition) is 2. The lowest BCUT2D eigenvalue weighted by Gasteiger charge is -2.08. The molecule has 0 aromatic carbocycles. The molecule has 2 N–H and O–H groups in total. The fraction of sp³-hybridized carbons (Fsp3) is 0.625. The van der Waals surface area contributed by atoms with E-state index in [1.54, 1.807) is 5.51 Å². The van der Waals surface area contributed by atoms with Crippen LogP contribution in [0, 0.1) is 0 Å². The van der Waals surface area contributed by atoms with Gasteiger partial charge in [-0.05, 0) is 19.4 Å². The summed E-state index contributed by atoms with van der Waals surface area (Å²) in [6.45, 7) is 1.02. The van der Waals surface area contributed by atoms with Crippen LogP contribution >= 0.6 is 23.7 Å². The van der Waals surface area contributed by atoms with Gasteiger partial charge in [0.15, 0.2) is 0 Å². The van der Waals surface area contributed by atoms with E-state index in [1.807, 2.05) is 0 Å². The lowest BCUT2D eigenvalue weighted by Crippen LogP contribution is -2.27. The van der Waals surface area contributed by atoms with Gasteiger partial charge in [0.05, 0.1) is 0 Å². The fourth-order valence-corrected chi connectivity index (χ4v) is 2.01. The zero-order valence-electron chi connectivity index (χ0n) is 8.10. The summed E-state index contributed by atoms with van der Waals surface area (Å²) in [7, 11) is 0. The van der Waals surface area contributed by atoms with Crippen LogP contribution in [-0.2, 0) is 4.79 Å². The molecule has 0 saturated carbocycles. The molecule has 1 aromatic rings. The number of halogens is 1. The molecular formula is C8H13ClN4OS. The first kappa shape index (κ1) is 12.4. The molecule has 0 bridgehead atoms. The Morgan fingerprint density at radius 3 is 3.20 bits per heavy atom. The number of amides is 1. The van der Waals surface area contributed by atoms with Gasteiger partial charge in [-0.1, -0.05) is 11.3 Å². The predicted molar refractivity (Wildman–Crippen MR) is 61.4 cm³/mol. The summed E-state index contributed by atoms with van der Waals surface area (Å²) >= 11 is 1.33. The van der Waals surface area contributed by atoms with Gasteiger partial charge in [0.1, 0.15) is 5.51 Å². The van der Waals surface area contributed by atoms with Crippen molar-refractivity contribution in [3.05, 3.63) is 5.51 Å². The molecule has 2 heterocycles. The number of carbonyl (C=O) groups excluding carboxylic acids is 1. The zero-order chi connectivity index (χ0) is 9.80. The van der Waals surface area contributed by atoms with E-state index in [-0.39, 0.29) is 18.3 Å². The van der Waals surface area contributed by atoms with E-state index < -0.39 is 0 Å². The van der Waals surface area contributed by atoms with E-state index in [9.17, 15) is 4.79 Å². The minimum Gasteiger partial charge on any atom is -0.313 e. The third-order valence-corrected chi connectivity index (χ3v) is 2.81. The highest BCUT2D eigenvalue weighted by atomic mass is 35.5. The molecule has 7 heteroatoms. The van der Waals surface area contributed by atoms with Crippen LogP contribution in [0.3, 0.4) is 0 Å². The fourth-order valence-electron chi connectivity index (χ4n) is 1.55. The van der Waals surface area contributed by atoms with Crippen molar-refractivity contribution in [1.82, 2.24) is 15.5 Å². The largest absolute Gasteiger partial charge is 0.313 e. The van der Waals surface area contributed by atoms with E-state index in [0.29, 0.717) is 17.6 Å². The first-order valence-corrected chi connectivity index (χ1v) is 5.52. The van der Waals surface area contributed by atoms with Crippen LogP contribution in [0.1, 0.15) is 19.3 Å². The van der Waals surface area contributed by atoms with Crippen LogP contribution in [0.4, 0.5) is 5.13 Å². The van der Waals surface area contributed by atoms with E-state index in [0.717, 1.165) is 19.4 Å². The molecule has 1 aromatic heterocycles. The van der Waals surface area contributed by atoms with Gasteiger partial charge in [-0.3, -0.25) is 4.79 Å². The van der Waals surface area contributed by atoms with Crippen molar-refractivity contribution in [1.29, 1.82) is 0 Å². The average Bonchev–Trinajstić information content (AvgIpc) is 2.76. The summed E-state index contributed by atoms with van der Waals surface area (Å²) in [5, 5.41) is 14.0. The van der Waals surface area contributed by atoms with Gasteiger partial charge in [-0.2, -0.15) is 0 Å². The summed E-state index contributed by atoms with van der Waals surface area (Å²) in [6, 6.07) is 0.336. The number of aromatic nitrogens is 2. The number of nitrogens with zero attached hydrogens (tertiary/aromatic N) is 2. The van der Waals surface area contributed by atoms with Crippen molar-refractivity contribution in [2.45, 2.75) is 25.3 Å². The number of anilines is 1. The molecule has 1 aliphatic rings. The van der Waals surface area contributed by atoms with Crippen molar-refractivity contribution in [3.8, 4) is 0 Å². The van der Waals surface area contributed by atoms with Gasteiger partial charge in [0, 0.05) is 12.5 Å². The topological polar surface area (TPSA) is 66.9 Å². The molecule has 1 amide bonds. The van der Waals surface area contributed by atoms with Gasteiger partial charge < -0.3 is 10.6 Å². The Balaban J connectivity index is 0.00000112. The monoisotopic (exact) mass is 248 g/mol. The van der Waals surface area contributed by atoms with Crippen LogP contribution in [0.5, 0.6) is 0 Å². The predicted octanol–water partition coefficient (Wildman–Crippen LogP) is 1.04. The Morgan fingerprint density at radius 2 is 2.60 bits per heavy atom. The van der Waals surface area contributed by atoms with Crippen LogP contribution < -0.4 is 10.6 Å². The average molecular weight is 249 g/mol. The van der Waals surface area contributed by atoms with E-state index in [4.69, 9.17) is 0 Å². The molecule has 1 saturated heterocycles. The highest BCUT2D eigenvalue weighted by Gasteiger charge is 2.17.